The first kappa shape index (κ1) is 22.5. The van der Waals surface area contributed by atoms with E-state index in [1.807, 2.05) is 6.07 Å². The molecule has 0 saturated heterocycles. The van der Waals surface area contributed by atoms with Crippen LogP contribution in [0.3, 0.4) is 0 Å². The molecule has 3 aromatic heterocycles. The predicted molar refractivity (Wildman–Crippen MR) is 126 cm³/mol. The van der Waals surface area contributed by atoms with Gasteiger partial charge in [0.05, 0.1) is 12.2 Å². The minimum absolute atomic E-state index is 0.00889. The van der Waals surface area contributed by atoms with Crippen molar-refractivity contribution in [2.45, 2.75) is 25.9 Å². The van der Waals surface area contributed by atoms with Crippen LogP contribution in [0, 0.1) is 17.2 Å². The van der Waals surface area contributed by atoms with Crippen LogP contribution < -0.4 is 9.47 Å². The van der Waals surface area contributed by atoms with E-state index < -0.39 is 6.61 Å². The number of rotatable bonds is 8. The van der Waals surface area contributed by atoms with Gasteiger partial charge in [-0.1, -0.05) is 18.6 Å². The Hall–Kier alpha value is -4.32. The third-order valence-corrected chi connectivity index (χ3v) is 5.87. The van der Waals surface area contributed by atoms with Gasteiger partial charge >= 0.3 is 6.61 Å². The quantitative estimate of drug-likeness (QED) is 0.329. The van der Waals surface area contributed by atoms with Crippen molar-refractivity contribution in [1.29, 1.82) is 5.26 Å². The highest BCUT2D eigenvalue weighted by Crippen LogP contribution is 2.36. The third kappa shape index (κ3) is 4.82. The summed E-state index contributed by atoms with van der Waals surface area (Å²) in [6, 6.07) is 14.0. The third-order valence-electron chi connectivity index (χ3n) is 5.87. The fraction of sp³-hybridized carbons (Fsp3) is 0.231. The van der Waals surface area contributed by atoms with Crippen LogP contribution in [0.5, 0.6) is 11.5 Å². The Bertz CT molecular complexity index is 1410. The lowest BCUT2D eigenvalue weighted by Gasteiger charge is -2.26. The van der Waals surface area contributed by atoms with Gasteiger partial charge < -0.3 is 9.47 Å². The maximum absolute atomic E-state index is 13.0. The second-order valence-electron chi connectivity index (χ2n) is 8.16. The highest BCUT2D eigenvalue weighted by molar-refractivity contribution is 5.80. The Morgan fingerprint density at radius 3 is 2.71 bits per heavy atom. The molecule has 0 amide bonds. The maximum atomic E-state index is 13.0. The normalized spacial score (nSPS) is 13.8. The lowest BCUT2D eigenvalue weighted by Crippen LogP contribution is -2.20. The van der Waals surface area contributed by atoms with Gasteiger partial charge in [0, 0.05) is 18.0 Å². The second kappa shape index (κ2) is 9.89. The summed E-state index contributed by atoms with van der Waals surface area (Å²) in [5, 5.41) is 9.09. The van der Waals surface area contributed by atoms with Crippen LogP contribution in [0.25, 0.3) is 29.1 Å². The smallest absolute Gasteiger partial charge is 0.387 e. The number of halogens is 2. The largest absolute Gasteiger partial charge is 0.489 e. The second-order valence-corrected chi connectivity index (χ2v) is 8.16. The summed E-state index contributed by atoms with van der Waals surface area (Å²) < 4.78 is 38.5. The number of pyridine rings is 2. The number of alkyl halides is 2. The molecule has 0 atom stereocenters. The van der Waals surface area contributed by atoms with Gasteiger partial charge in [0.2, 0.25) is 0 Å². The summed E-state index contributed by atoms with van der Waals surface area (Å²) in [6.07, 6.45) is 9.93. The summed E-state index contributed by atoms with van der Waals surface area (Å²) >= 11 is 0. The zero-order chi connectivity index (χ0) is 24.2. The summed E-state index contributed by atoms with van der Waals surface area (Å²) in [6.45, 7) is -2.51. The van der Waals surface area contributed by atoms with E-state index in [4.69, 9.17) is 14.7 Å². The minimum atomic E-state index is -2.96. The average molecular weight is 473 g/mol. The van der Waals surface area contributed by atoms with Crippen LogP contribution in [-0.4, -0.2) is 32.7 Å². The van der Waals surface area contributed by atoms with Crippen LogP contribution in [-0.2, 0) is 0 Å². The van der Waals surface area contributed by atoms with E-state index in [-0.39, 0.29) is 11.5 Å². The van der Waals surface area contributed by atoms with Crippen LogP contribution in [0.1, 0.15) is 36.2 Å². The molecule has 0 aliphatic heterocycles. The molecular formula is C26H21F2N5O2. The topological polar surface area (TPSA) is 85.9 Å². The number of ether oxygens (including phenoxy) is 2. The number of imidazole rings is 1. The number of hydrogen-bond donors (Lipinski definition) is 0. The summed E-state index contributed by atoms with van der Waals surface area (Å²) in [5.41, 5.74) is 2.28. The van der Waals surface area contributed by atoms with E-state index in [0.717, 1.165) is 19.3 Å². The molecule has 35 heavy (non-hydrogen) atoms. The lowest BCUT2D eigenvalue weighted by molar-refractivity contribution is -0.0517. The molecule has 0 radical (unpaired) electrons. The van der Waals surface area contributed by atoms with Gasteiger partial charge in [0.1, 0.15) is 23.2 Å². The minimum Gasteiger partial charge on any atom is -0.489 e. The zero-order valence-electron chi connectivity index (χ0n) is 18.6. The predicted octanol–water partition coefficient (Wildman–Crippen LogP) is 5.64. The molecule has 4 aromatic rings. The summed E-state index contributed by atoms with van der Waals surface area (Å²) in [7, 11) is 0. The highest BCUT2D eigenvalue weighted by atomic mass is 19.3. The van der Waals surface area contributed by atoms with Crippen LogP contribution >= 0.6 is 0 Å². The van der Waals surface area contributed by atoms with Crippen molar-refractivity contribution in [2.75, 3.05) is 6.61 Å². The van der Waals surface area contributed by atoms with Crippen molar-refractivity contribution in [1.82, 2.24) is 19.5 Å². The molecular weight excluding hydrogens is 452 g/mol. The van der Waals surface area contributed by atoms with E-state index in [0.29, 0.717) is 46.5 Å². The van der Waals surface area contributed by atoms with Gasteiger partial charge in [-0.3, -0.25) is 4.57 Å². The molecule has 0 N–H and O–H groups in total. The number of nitrogens with zero attached hydrogens (tertiary/aromatic N) is 5. The molecule has 1 fully saturated rings. The number of nitriles is 1. The number of benzene rings is 1. The van der Waals surface area contributed by atoms with E-state index >= 15 is 0 Å². The molecule has 1 aliphatic carbocycles. The lowest BCUT2D eigenvalue weighted by atomic mass is 9.86. The van der Waals surface area contributed by atoms with Crippen LogP contribution in [0.2, 0.25) is 0 Å². The number of para-hydroxylation sites is 1. The van der Waals surface area contributed by atoms with E-state index in [2.05, 4.69) is 21.0 Å². The molecule has 7 nitrogen and oxygen atoms in total. The van der Waals surface area contributed by atoms with Crippen molar-refractivity contribution < 1.29 is 18.3 Å². The molecule has 0 bridgehead atoms. The van der Waals surface area contributed by atoms with E-state index in [1.54, 1.807) is 53.2 Å². The van der Waals surface area contributed by atoms with Crippen molar-refractivity contribution in [3.63, 3.8) is 0 Å². The van der Waals surface area contributed by atoms with Crippen LogP contribution in [0.4, 0.5) is 8.78 Å². The molecule has 176 valence electrons. The van der Waals surface area contributed by atoms with Gasteiger partial charge in [-0.25, -0.2) is 15.0 Å². The Balaban J connectivity index is 1.54. The highest BCUT2D eigenvalue weighted by Gasteiger charge is 2.21. The van der Waals surface area contributed by atoms with Crippen molar-refractivity contribution in [3.8, 4) is 23.4 Å². The van der Waals surface area contributed by atoms with Gasteiger partial charge in [0.25, 0.3) is 0 Å². The van der Waals surface area contributed by atoms with Crippen molar-refractivity contribution in [3.05, 3.63) is 71.8 Å². The Labute approximate surface area is 200 Å². The molecule has 1 aliphatic rings. The fourth-order valence-corrected chi connectivity index (χ4v) is 3.88. The van der Waals surface area contributed by atoms with Crippen LogP contribution in [0.15, 0.2) is 54.9 Å². The number of aromatic nitrogens is 4. The SMILES string of the molecule is N#Cc1ccc(-n2c(C=Cc3cccc(OC(F)F)c3OCC3CCC3)nc3cccnc32)nc1. The average Bonchev–Trinajstić information content (AvgIpc) is 3.21. The molecule has 1 aromatic carbocycles. The molecule has 9 heteroatoms. The molecule has 3 heterocycles. The van der Waals surface area contributed by atoms with Gasteiger partial charge in [-0.2, -0.15) is 14.0 Å². The number of fused-ring (bicyclic) bond motifs is 1. The zero-order valence-corrected chi connectivity index (χ0v) is 18.6. The molecule has 5 rings (SSSR count). The molecule has 0 spiro atoms. The van der Waals surface area contributed by atoms with Gasteiger partial charge in [0.15, 0.2) is 17.1 Å². The summed E-state index contributed by atoms with van der Waals surface area (Å²) in [4.78, 5) is 13.5. The number of hydrogen-bond acceptors (Lipinski definition) is 6. The Morgan fingerprint density at radius 2 is 2.00 bits per heavy atom. The Morgan fingerprint density at radius 1 is 1.11 bits per heavy atom. The van der Waals surface area contributed by atoms with E-state index in [9.17, 15) is 8.78 Å². The maximum Gasteiger partial charge on any atom is 0.387 e. The first-order valence-corrected chi connectivity index (χ1v) is 11.2. The van der Waals surface area contributed by atoms with E-state index in [1.165, 1.54) is 12.3 Å². The van der Waals surface area contributed by atoms with Crippen molar-refractivity contribution >= 4 is 23.3 Å². The molecule has 1 saturated carbocycles. The first-order valence-electron chi connectivity index (χ1n) is 11.2. The fourth-order valence-electron chi connectivity index (χ4n) is 3.88. The summed E-state index contributed by atoms with van der Waals surface area (Å²) in [5.74, 6) is 1.75. The van der Waals surface area contributed by atoms with Crippen molar-refractivity contribution in [2.24, 2.45) is 5.92 Å². The van der Waals surface area contributed by atoms with Gasteiger partial charge in [-0.05, 0) is 61.2 Å². The Kier molecular flexibility index (Phi) is 6.35. The van der Waals surface area contributed by atoms with Gasteiger partial charge in [-0.15, -0.1) is 0 Å². The monoisotopic (exact) mass is 473 g/mol. The standard InChI is InChI=1S/C26H21F2N5O2/c27-26(28)35-21-8-2-6-19(24(21)34-16-17-4-1-5-17)10-12-23-32-20-7-3-13-30-25(20)33(23)22-11-9-18(14-29)15-31-22/h2-3,6-13,15,17,26H,1,4-5,16H2. The first-order chi connectivity index (χ1) is 17.1. The molecule has 0 unspecified atom stereocenters.